The Bertz CT molecular complexity index is 564. The molecule has 1 aliphatic carbocycles. The van der Waals surface area contributed by atoms with Gasteiger partial charge in [0, 0.05) is 24.7 Å². The van der Waals surface area contributed by atoms with Gasteiger partial charge in [-0.25, -0.2) is 0 Å². The molecular formula is C18H24N2O3. The van der Waals surface area contributed by atoms with E-state index in [9.17, 15) is 9.59 Å². The lowest BCUT2D eigenvalue weighted by atomic mass is 9.94. The number of hydrogen-bond donors (Lipinski definition) is 1. The van der Waals surface area contributed by atoms with Crippen molar-refractivity contribution in [1.29, 1.82) is 0 Å². The Labute approximate surface area is 137 Å². The first-order valence-electron chi connectivity index (χ1n) is 8.42. The molecule has 3 rings (SSSR count). The van der Waals surface area contributed by atoms with E-state index in [2.05, 4.69) is 5.32 Å². The smallest absolute Gasteiger partial charge is 0.229 e. The monoisotopic (exact) mass is 316 g/mol. The number of methoxy groups -OCH3 is 1. The maximum atomic E-state index is 12.4. The van der Waals surface area contributed by atoms with Crippen LogP contribution in [-0.4, -0.2) is 36.4 Å². The Kier molecular flexibility index (Phi) is 4.84. The van der Waals surface area contributed by atoms with Crippen LogP contribution in [0.2, 0.25) is 0 Å². The van der Waals surface area contributed by atoms with Crippen LogP contribution in [0.15, 0.2) is 24.3 Å². The molecule has 1 unspecified atom stereocenters. The number of carbonyl (C=O) groups is 2. The number of nitrogens with zero attached hydrogens (tertiary/aromatic N) is 1. The molecule has 5 heteroatoms. The average Bonchev–Trinajstić information content (AvgIpc) is 2.98. The maximum absolute atomic E-state index is 12.4. The van der Waals surface area contributed by atoms with E-state index in [4.69, 9.17) is 4.74 Å². The van der Waals surface area contributed by atoms with Crippen LogP contribution in [0.1, 0.15) is 38.5 Å². The minimum atomic E-state index is -0.244. The highest BCUT2D eigenvalue weighted by atomic mass is 16.5. The summed E-state index contributed by atoms with van der Waals surface area (Å²) in [6, 6.07) is 7.58. The van der Waals surface area contributed by atoms with Crippen LogP contribution < -0.4 is 10.1 Å². The number of hydrogen-bond acceptors (Lipinski definition) is 3. The molecule has 0 spiro atoms. The summed E-state index contributed by atoms with van der Waals surface area (Å²) in [7, 11) is 1.61. The summed E-state index contributed by atoms with van der Waals surface area (Å²) in [4.78, 5) is 26.6. The highest BCUT2D eigenvalue weighted by Gasteiger charge is 2.38. The van der Waals surface area contributed by atoms with Gasteiger partial charge in [0.2, 0.25) is 11.8 Å². The number of amides is 2. The fourth-order valence-electron chi connectivity index (χ4n) is 3.57. The van der Waals surface area contributed by atoms with E-state index in [1.165, 1.54) is 19.3 Å². The quantitative estimate of drug-likeness (QED) is 0.929. The molecule has 23 heavy (non-hydrogen) atoms. The molecule has 1 atom stereocenters. The lowest BCUT2D eigenvalue weighted by Gasteiger charge is -2.31. The number of anilines is 1. The highest BCUT2D eigenvalue weighted by molar-refractivity contribution is 5.97. The van der Waals surface area contributed by atoms with Crippen LogP contribution in [0.3, 0.4) is 0 Å². The molecular weight excluding hydrogens is 292 g/mol. The number of ether oxygens (including phenoxy) is 1. The first kappa shape index (κ1) is 15.8. The number of nitrogens with one attached hydrogen (secondary N) is 1. The minimum Gasteiger partial charge on any atom is -0.497 e. The Morgan fingerprint density at radius 2 is 1.87 bits per heavy atom. The van der Waals surface area contributed by atoms with Crippen LogP contribution in [-0.2, 0) is 9.59 Å². The largest absolute Gasteiger partial charge is 0.497 e. The molecule has 2 amide bonds. The first-order valence-corrected chi connectivity index (χ1v) is 8.42. The Balaban J connectivity index is 1.58. The molecule has 1 aliphatic heterocycles. The third kappa shape index (κ3) is 3.66. The normalized spacial score (nSPS) is 22.2. The number of carbonyl (C=O) groups excluding carboxylic acids is 2. The Hall–Kier alpha value is -2.04. The lowest BCUT2D eigenvalue weighted by molar-refractivity contribution is -0.130. The maximum Gasteiger partial charge on any atom is 0.229 e. The third-order valence-corrected chi connectivity index (χ3v) is 4.90. The van der Waals surface area contributed by atoms with Gasteiger partial charge < -0.3 is 15.0 Å². The van der Waals surface area contributed by atoms with Gasteiger partial charge in [0.25, 0.3) is 0 Å². The molecule has 1 saturated heterocycles. The van der Waals surface area contributed by atoms with E-state index < -0.39 is 0 Å². The van der Waals surface area contributed by atoms with Crippen molar-refractivity contribution < 1.29 is 14.3 Å². The molecule has 1 aromatic rings. The van der Waals surface area contributed by atoms with E-state index in [1.807, 2.05) is 29.2 Å². The van der Waals surface area contributed by atoms with Crippen molar-refractivity contribution >= 4 is 17.5 Å². The topological polar surface area (TPSA) is 58.6 Å². The second-order valence-electron chi connectivity index (χ2n) is 6.46. The predicted octanol–water partition coefficient (Wildman–Crippen LogP) is 2.81. The SMILES string of the molecule is COc1ccc(NC(=O)C2CC(=O)N(C3CCCCC3)C2)cc1. The van der Waals surface area contributed by atoms with Crippen molar-refractivity contribution in [2.24, 2.45) is 5.92 Å². The highest BCUT2D eigenvalue weighted by Crippen LogP contribution is 2.29. The fourth-order valence-corrected chi connectivity index (χ4v) is 3.57. The van der Waals surface area contributed by atoms with Gasteiger partial charge in [0.15, 0.2) is 0 Å². The zero-order chi connectivity index (χ0) is 16.2. The molecule has 0 aromatic heterocycles. The predicted molar refractivity (Wildman–Crippen MR) is 88.3 cm³/mol. The van der Waals surface area contributed by atoms with Crippen LogP contribution in [0.5, 0.6) is 5.75 Å². The van der Waals surface area contributed by atoms with Gasteiger partial charge in [-0.3, -0.25) is 9.59 Å². The van der Waals surface area contributed by atoms with Gasteiger partial charge in [-0.1, -0.05) is 19.3 Å². The standard InChI is InChI=1S/C18H24N2O3/c1-23-16-9-7-14(8-10-16)19-18(22)13-11-17(21)20(12-13)15-5-3-2-4-6-15/h7-10,13,15H,2-6,11-12H2,1H3,(H,19,22). The zero-order valence-corrected chi connectivity index (χ0v) is 13.6. The van der Waals surface area contributed by atoms with Crippen molar-refractivity contribution in [3.05, 3.63) is 24.3 Å². The zero-order valence-electron chi connectivity index (χ0n) is 13.6. The van der Waals surface area contributed by atoms with Gasteiger partial charge >= 0.3 is 0 Å². The van der Waals surface area contributed by atoms with Crippen molar-refractivity contribution in [3.8, 4) is 5.75 Å². The molecule has 0 radical (unpaired) electrons. The third-order valence-electron chi connectivity index (χ3n) is 4.90. The minimum absolute atomic E-state index is 0.0678. The summed E-state index contributed by atoms with van der Waals surface area (Å²) >= 11 is 0. The van der Waals surface area contributed by atoms with Crippen molar-refractivity contribution in [3.63, 3.8) is 0 Å². The molecule has 1 saturated carbocycles. The molecule has 2 aliphatic rings. The van der Waals surface area contributed by atoms with E-state index in [0.29, 0.717) is 19.0 Å². The first-order chi connectivity index (χ1) is 11.2. The summed E-state index contributed by atoms with van der Waals surface area (Å²) < 4.78 is 5.11. The molecule has 5 nitrogen and oxygen atoms in total. The average molecular weight is 316 g/mol. The van der Waals surface area contributed by atoms with Crippen molar-refractivity contribution in [2.45, 2.75) is 44.6 Å². The summed E-state index contributed by atoms with van der Waals surface area (Å²) in [5.74, 6) is 0.572. The summed E-state index contributed by atoms with van der Waals surface area (Å²) in [6.07, 6.45) is 6.14. The number of rotatable bonds is 4. The second-order valence-corrected chi connectivity index (χ2v) is 6.46. The van der Waals surface area contributed by atoms with Gasteiger partial charge in [-0.15, -0.1) is 0 Å². The Morgan fingerprint density at radius 3 is 2.52 bits per heavy atom. The van der Waals surface area contributed by atoms with Gasteiger partial charge in [-0.2, -0.15) is 0 Å². The molecule has 124 valence electrons. The molecule has 0 bridgehead atoms. The van der Waals surface area contributed by atoms with Gasteiger partial charge in [-0.05, 0) is 37.1 Å². The lowest BCUT2D eigenvalue weighted by Crippen LogP contribution is -2.38. The summed E-state index contributed by atoms with van der Waals surface area (Å²) in [5, 5.41) is 2.91. The van der Waals surface area contributed by atoms with E-state index in [0.717, 1.165) is 24.3 Å². The molecule has 2 fully saturated rings. The van der Waals surface area contributed by atoms with Crippen LogP contribution in [0.4, 0.5) is 5.69 Å². The van der Waals surface area contributed by atoms with Crippen molar-refractivity contribution in [2.75, 3.05) is 19.0 Å². The van der Waals surface area contributed by atoms with E-state index in [1.54, 1.807) is 7.11 Å². The number of benzene rings is 1. The summed E-state index contributed by atoms with van der Waals surface area (Å²) in [5.41, 5.74) is 0.736. The van der Waals surface area contributed by atoms with E-state index >= 15 is 0 Å². The molecule has 1 aromatic carbocycles. The van der Waals surface area contributed by atoms with Crippen LogP contribution in [0, 0.1) is 5.92 Å². The molecule has 1 heterocycles. The Morgan fingerprint density at radius 1 is 1.17 bits per heavy atom. The molecule has 1 N–H and O–H groups in total. The summed E-state index contributed by atoms with van der Waals surface area (Å²) in [6.45, 7) is 0.561. The number of likely N-dealkylation sites (tertiary alicyclic amines) is 1. The fraction of sp³-hybridized carbons (Fsp3) is 0.556. The van der Waals surface area contributed by atoms with Crippen molar-refractivity contribution in [1.82, 2.24) is 4.90 Å². The van der Waals surface area contributed by atoms with Gasteiger partial charge in [0.05, 0.1) is 13.0 Å². The van der Waals surface area contributed by atoms with Gasteiger partial charge in [0.1, 0.15) is 5.75 Å². The van der Waals surface area contributed by atoms with Crippen LogP contribution >= 0.6 is 0 Å². The van der Waals surface area contributed by atoms with Crippen LogP contribution in [0.25, 0.3) is 0 Å². The van der Waals surface area contributed by atoms with E-state index in [-0.39, 0.29) is 17.7 Å². The second kappa shape index (κ2) is 7.02.